The molecule has 0 bridgehead atoms. The van der Waals surface area contributed by atoms with Crippen LogP contribution in [0.1, 0.15) is 43.2 Å². The Hall–Kier alpha value is -2.11. The third-order valence-corrected chi connectivity index (χ3v) is 6.88. The summed E-state index contributed by atoms with van der Waals surface area (Å²) in [4.78, 5) is 18.8. The van der Waals surface area contributed by atoms with Gasteiger partial charge in [0, 0.05) is 60.7 Å². The maximum absolute atomic E-state index is 12.3. The molecule has 1 aliphatic carbocycles. The summed E-state index contributed by atoms with van der Waals surface area (Å²) in [6.07, 6.45) is 9.29. The molecule has 1 aromatic heterocycles. The smallest absolute Gasteiger partial charge is 0.220 e. The molecule has 160 valence electrons. The zero-order valence-electron chi connectivity index (χ0n) is 17.6. The molecule has 5 nitrogen and oxygen atoms in total. The van der Waals surface area contributed by atoms with E-state index >= 15 is 0 Å². The Morgan fingerprint density at radius 3 is 2.50 bits per heavy atom. The van der Waals surface area contributed by atoms with E-state index in [0.29, 0.717) is 18.5 Å². The lowest BCUT2D eigenvalue weighted by Gasteiger charge is -2.42. The minimum atomic E-state index is 0.148. The lowest BCUT2D eigenvalue weighted by Crippen LogP contribution is -2.60. The summed E-state index contributed by atoms with van der Waals surface area (Å²) in [5.74, 6) is 0.148. The maximum atomic E-state index is 12.3. The molecule has 6 heteroatoms. The van der Waals surface area contributed by atoms with Gasteiger partial charge in [0.1, 0.15) is 0 Å². The highest BCUT2D eigenvalue weighted by Gasteiger charge is 2.34. The fourth-order valence-electron chi connectivity index (χ4n) is 4.34. The van der Waals surface area contributed by atoms with Crippen molar-refractivity contribution in [3.05, 3.63) is 58.9 Å². The van der Waals surface area contributed by atoms with Crippen LogP contribution in [0.25, 0.3) is 0 Å². The molecule has 30 heavy (non-hydrogen) atoms. The van der Waals surface area contributed by atoms with E-state index < -0.39 is 0 Å². The molecule has 1 aliphatic heterocycles. The Labute approximate surface area is 184 Å². The molecule has 2 N–H and O–H groups in total. The summed E-state index contributed by atoms with van der Waals surface area (Å²) in [5, 5.41) is 7.87. The summed E-state index contributed by atoms with van der Waals surface area (Å²) < 4.78 is 0. The number of carbonyl (C=O) groups is 1. The number of aromatic nitrogens is 1. The molecule has 1 aromatic carbocycles. The summed E-state index contributed by atoms with van der Waals surface area (Å²) in [6, 6.07) is 11.5. The van der Waals surface area contributed by atoms with Gasteiger partial charge in [-0.1, -0.05) is 17.7 Å². The molecule has 2 heterocycles. The van der Waals surface area contributed by atoms with Crippen LogP contribution in [0.15, 0.2) is 42.7 Å². The van der Waals surface area contributed by atoms with Crippen LogP contribution < -0.4 is 15.5 Å². The monoisotopic (exact) mass is 426 g/mol. The molecule has 2 aliphatic rings. The number of halogens is 1. The zero-order chi connectivity index (χ0) is 20.9. The molecule has 0 unspecified atom stereocenters. The van der Waals surface area contributed by atoms with E-state index in [9.17, 15) is 4.79 Å². The van der Waals surface area contributed by atoms with Crippen LogP contribution in [0.4, 0.5) is 5.69 Å². The van der Waals surface area contributed by atoms with Crippen molar-refractivity contribution in [1.82, 2.24) is 15.6 Å². The van der Waals surface area contributed by atoms with Gasteiger partial charge in [0.15, 0.2) is 0 Å². The van der Waals surface area contributed by atoms with Crippen molar-refractivity contribution in [2.45, 2.75) is 63.6 Å². The van der Waals surface area contributed by atoms with Crippen molar-refractivity contribution in [2.24, 2.45) is 0 Å². The molecule has 1 saturated heterocycles. The summed E-state index contributed by atoms with van der Waals surface area (Å²) in [7, 11) is 0. The van der Waals surface area contributed by atoms with Gasteiger partial charge < -0.3 is 15.5 Å². The molecule has 0 radical (unpaired) electrons. The number of benzene rings is 1. The van der Waals surface area contributed by atoms with Crippen molar-refractivity contribution in [2.75, 3.05) is 18.0 Å². The standard InChI is InChI=1S/C24H31ClN4O/c1-17-2-4-20(16-21(17)25)29-14-10-19(11-15-29)27-22-5-6-23(22)28-24(30)7-3-18-8-12-26-13-9-18/h2,4,8-9,12-13,16,19,22-23,27H,3,5-7,10-11,14-15H2,1H3,(H,28,30)/t22-,23+/m1/s1. The minimum absolute atomic E-state index is 0.148. The largest absolute Gasteiger partial charge is 0.371 e. The summed E-state index contributed by atoms with van der Waals surface area (Å²) >= 11 is 6.30. The average molecular weight is 427 g/mol. The van der Waals surface area contributed by atoms with E-state index in [-0.39, 0.29) is 11.9 Å². The maximum Gasteiger partial charge on any atom is 0.220 e. The number of pyridine rings is 1. The van der Waals surface area contributed by atoms with Gasteiger partial charge in [0.25, 0.3) is 0 Å². The van der Waals surface area contributed by atoms with Crippen molar-refractivity contribution >= 4 is 23.2 Å². The van der Waals surface area contributed by atoms with Gasteiger partial charge >= 0.3 is 0 Å². The van der Waals surface area contributed by atoms with Gasteiger partial charge in [-0.15, -0.1) is 0 Å². The molecule has 2 atom stereocenters. The van der Waals surface area contributed by atoms with Crippen LogP contribution in [0, 0.1) is 6.92 Å². The third kappa shape index (κ3) is 5.32. The van der Waals surface area contributed by atoms with Gasteiger partial charge in [-0.2, -0.15) is 0 Å². The first-order valence-corrected chi connectivity index (χ1v) is 11.4. The second-order valence-corrected chi connectivity index (χ2v) is 8.98. The predicted octanol–water partition coefficient (Wildman–Crippen LogP) is 3.88. The second kappa shape index (κ2) is 9.80. The van der Waals surface area contributed by atoms with E-state index in [4.69, 9.17) is 11.6 Å². The number of anilines is 1. The SMILES string of the molecule is Cc1ccc(N2CCC(N[C@@H]3CC[C@@H]3NC(=O)CCc3ccncc3)CC2)cc1Cl. The quantitative estimate of drug-likeness (QED) is 0.705. The molecule has 4 rings (SSSR count). The van der Waals surface area contributed by atoms with E-state index in [2.05, 4.69) is 38.7 Å². The zero-order valence-corrected chi connectivity index (χ0v) is 18.4. The number of nitrogens with zero attached hydrogens (tertiary/aromatic N) is 2. The highest BCUT2D eigenvalue weighted by molar-refractivity contribution is 6.31. The van der Waals surface area contributed by atoms with Gasteiger partial charge in [-0.25, -0.2) is 0 Å². The number of nitrogens with one attached hydrogen (secondary N) is 2. The van der Waals surface area contributed by atoms with Crippen molar-refractivity contribution in [3.63, 3.8) is 0 Å². The molecular weight excluding hydrogens is 396 g/mol. The first-order chi connectivity index (χ1) is 14.6. The van der Waals surface area contributed by atoms with Gasteiger partial charge in [0.2, 0.25) is 5.91 Å². The molecule has 0 spiro atoms. The van der Waals surface area contributed by atoms with E-state index in [0.717, 1.165) is 61.3 Å². The van der Waals surface area contributed by atoms with Crippen LogP contribution in [-0.4, -0.2) is 42.1 Å². The second-order valence-electron chi connectivity index (χ2n) is 8.57. The predicted molar refractivity (Wildman–Crippen MR) is 122 cm³/mol. The first kappa shape index (κ1) is 21.1. The van der Waals surface area contributed by atoms with Crippen molar-refractivity contribution in [3.8, 4) is 0 Å². The number of aryl methyl sites for hydroxylation is 2. The van der Waals surface area contributed by atoms with Crippen molar-refractivity contribution < 1.29 is 4.79 Å². The van der Waals surface area contributed by atoms with Crippen LogP contribution in [0.3, 0.4) is 0 Å². The normalized spacial score (nSPS) is 21.9. The first-order valence-electron chi connectivity index (χ1n) is 11.0. The van der Waals surface area contributed by atoms with Crippen LogP contribution in [0.5, 0.6) is 0 Å². The number of amides is 1. The number of hydrogen-bond acceptors (Lipinski definition) is 4. The van der Waals surface area contributed by atoms with Crippen LogP contribution >= 0.6 is 11.6 Å². The molecule has 2 fully saturated rings. The van der Waals surface area contributed by atoms with Gasteiger partial charge in [-0.05, 0) is 74.4 Å². The Kier molecular flexibility index (Phi) is 6.90. The van der Waals surface area contributed by atoms with E-state index in [1.54, 1.807) is 12.4 Å². The highest BCUT2D eigenvalue weighted by Crippen LogP contribution is 2.27. The van der Waals surface area contributed by atoms with Crippen LogP contribution in [-0.2, 0) is 11.2 Å². The number of rotatable bonds is 7. The number of piperidine rings is 1. The van der Waals surface area contributed by atoms with E-state index in [1.807, 2.05) is 19.1 Å². The number of carbonyl (C=O) groups excluding carboxylic acids is 1. The van der Waals surface area contributed by atoms with E-state index in [1.165, 1.54) is 5.69 Å². The molecule has 1 amide bonds. The number of hydrogen-bond donors (Lipinski definition) is 2. The lowest BCUT2D eigenvalue weighted by atomic mass is 9.84. The Bertz CT molecular complexity index is 852. The van der Waals surface area contributed by atoms with Gasteiger partial charge in [0.05, 0.1) is 0 Å². The topological polar surface area (TPSA) is 57.3 Å². The molecule has 1 saturated carbocycles. The summed E-state index contributed by atoms with van der Waals surface area (Å²) in [5.41, 5.74) is 3.49. The average Bonchev–Trinajstić information content (AvgIpc) is 2.77. The lowest BCUT2D eigenvalue weighted by molar-refractivity contribution is -0.122. The van der Waals surface area contributed by atoms with Crippen LogP contribution in [0.2, 0.25) is 5.02 Å². The highest BCUT2D eigenvalue weighted by atomic mass is 35.5. The Morgan fingerprint density at radius 2 is 1.83 bits per heavy atom. The summed E-state index contributed by atoms with van der Waals surface area (Å²) in [6.45, 7) is 4.11. The Morgan fingerprint density at radius 1 is 1.10 bits per heavy atom. The molecule has 2 aromatic rings. The third-order valence-electron chi connectivity index (χ3n) is 6.48. The molecular formula is C24H31ClN4O. The fourth-order valence-corrected chi connectivity index (χ4v) is 4.52. The fraction of sp³-hybridized carbons (Fsp3) is 0.500. The van der Waals surface area contributed by atoms with Gasteiger partial charge in [-0.3, -0.25) is 9.78 Å². The van der Waals surface area contributed by atoms with Crippen molar-refractivity contribution in [1.29, 1.82) is 0 Å². The Balaban J connectivity index is 1.19. The minimum Gasteiger partial charge on any atom is -0.371 e.